The van der Waals surface area contributed by atoms with Gasteiger partial charge < -0.3 is 10.8 Å². The van der Waals surface area contributed by atoms with Crippen LogP contribution in [0.3, 0.4) is 0 Å². The first-order valence-corrected chi connectivity index (χ1v) is 4.14. The number of unbranched alkanes of at least 4 members (excludes halogenated alkanes) is 1. The molecule has 1 aromatic rings. The summed E-state index contributed by atoms with van der Waals surface area (Å²) in [6.07, 6.45) is 3.07. The predicted molar refractivity (Wildman–Crippen MR) is 51.8 cm³/mol. The van der Waals surface area contributed by atoms with Gasteiger partial charge in [-0.25, -0.2) is 4.98 Å². The number of aliphatic hydroxyl groups is 1. The number of nitrogen functional groups attached to an aromatic ring is 1. The molecular weight excluding hydrogens is 164 g/mol. The monoisotopic (exact) mass is 176 g/mol. The van der Waals surface area contributed by atoms with Crippen molar-refractivity contribution in [2.24, 2.45) is 0 Å². The molecule has 0 aliphatic heterocycles. The summed E-state index contributed by atoms with van der Waals surface area (Å²) in [7, 11) is 0. The van der Waals surface area contributed by atoms with Gasteiger partial charge in [0.2, 0.25) is 0 Å². The van der Waals surface area contributed by atoms with E-state index in [9.17, 15) is 0 Å². The van der Waals surface area contributed by atoms with E-state index in [0.29, 0.717) is 12.2 Å². The zero-order valence-electron chi connectivity index (χ0n) is 7.33. The van der Waals surface area contributed by atoms with E-state index in [1.807, 2.05) is 6.07 Å². The molecule has 3 nitrogen and oxygen atoms in total. The fourth-order valence-corrected chi connectivity index (χ4v) is 0.811. The van der Waals surface area contributed by atoms with Crippen LogP contribution < -0.4 is 5.73 Å². The maximum absolute atomic E-state index is 8.50. The number of anilines is 1. The highest BCUT2D eigenvalue weighted by Crippen LogP contribution is 1.98. The molecule has 0 saturated carbocycles. The Hall–Kier alpha value is -1.53. The number of aliphatic hydroxyl groups excluding tert-OH is 1. The lowest BCUT2D eigenvalue weighted by Gasteiger charge is -1.90. The number of pyridine rings is 1. The summed E-state index contributed by atoms with van der Waals surface area (Å²) in [6, 6.07) is 3.55. The zero-order valence-corrected chi connectivity index (χ0v) is 7.33. The fraction of sp³-hybridized carbons (Fsp3) is 0.300. The van der Waals surface area contributed by atoms with Gasteiger partial charge in [0, 0.05) is 24.8 Å². The van der Waals surface area contributed by atoms with Crippen LogP contribution >= 0.6 is 0 Å². The minimum atomic E-state index is 0.189. The van der Waals surface area contributed by atoms with Gasteiger partial charge in [-0.1, -0.05) is 11.8 Å². The molecule has 0 bridgehead atoms. The standard InChI is InChI=1S/C10H12N2O/c11-10-6-5-9(8-12-10)4-2-1-3-7-13/h5-6,8,13H,1,3,7H2,(H2,11,12). The third kappa shape index (κ3) is 3.59. The summed E-state index contributed by atoms with van der Waals surface area (Å²) in [5, 5.41) is 8.50. The molecule has 1 rings (SSSR count). The lowest BCUT2D eigenvalue weighted by atomic mass is 10.2. The van der Waals surface area contributed by atoms with E-state index < -0.39 is 0 Å². The minimum absolute atomic E-state index is 0.189. The van der Waals surface area contributed by atoms with E-state index in [1.165, 1.54) is 0 Å². The van der Waals surface area contributed by atoms with E-state index in [-0.39, 0.29) is 6.61 Å². The highest BCUT2D eigenvalue weighted by atomic mass is 16.2. The van der Waals surface area contributed by atoms with Crippen molar-refractivity contribution in [3.8, 4) is 11.8 Å². The first-order chi connectivity index (χ1) is 6.33. The molecule has 13 heavy (non-hydrogen) atoms. The molecule has 1 aromatic heterocycles. The smallest absolute Gasteiger partial charge is 0.123 e. The molecule has 0 aromatic carbocycles. The van der Waals surface area contributed by atoms with Crippen LogP contribution in [0.2, 0.25) is 0 Å². The van der Waals surface area contributed by atoms with E-state index in [4.69, 9.17) is 10.8 Å². The molecule has 0 radical (unpaired) electrons. The Bertz CT molecular complexity index is 308. The van der Waals surface area contributed by atoms with Gasteiger partial charge >= 0.3 is 0 Å². The Labute approximate surface area is 77.6 Å². The highest BCUT2D eigenvalue weighted by molar-refractivity contribution is 5.37. The number of aromatic nitrogens is 1. The van der Waals surface area contributed by atoms with Gasteiger partial charge in [0.15, 0.2) is 0 Å². The topological polar surface area (TPSA) is 59.1 Å². The Morgan fingerprint density at radius 1 is 1.46 bits per heavy atom. The Morgan fingerprint density at radius 2 is 2.31 bits per heavy atom. The highest BCUT2D eigenvalue weighted by Gasteiger charge is 1.86. The Kier molecular flexibility index (Phi) is 3.80. The SMILES string of the molecule is Nc1ccc(C#CCCCO)cn1. The van der Waals surface area contributed by atoms with Gasteiger partial charge in [-0.3, -0.25) is 0 Å². The van der Waals surface area contributed by atoms with Crippen LogP contribution in [-0.2, 0) is 0 Å². The second kappa shape index (κ2) is 5.18. The molecule has 0 aliphatic rings. The first-order valence-electron chi connectivity index (χ1n) is 4.14. The van der Waals surface area contributed by atoms with Gasteiger partial charge in [-0.05, 0) is 18.6 Å². The largest absolute Gasteiger partial charge is 0.396 e. The lowest BCUT2D eigenvalue weighted by molar-refractivity contribution is 0.290. The molecule has 0 saturated heterocycles. The van der Waals surface area contributed by atoms with Crippen molar-refractivity contribution in [2.45, 2.75) is 12.8 Å². The van der Waals surface area contributed by atoms with E-state index in [0.717, 1.165) is 12.0 Å². The van der Waals surface area contributed by atoms with Crippen LogP contribution in [0.4, 0.5) is 5.82 Å². The predicted octanol–water partition coefficient (Wildman–Crippen LogP) is 0.788. The maximum Gasteiger partial charge on any atom is 0.123 e. The van der Waals surface area contributed by atoms with Crippen molar-refractivity contribution in [1.29, 1.82) is 0 Å². The molecule has 3 heteroatoms. The number of hydrogen-bond donors (Lipinski definition) is 2. The molecule has 0 atom stereocenters. The molecule has 0 aliphatic carbocycles. The van der Waals surface area contributed by atoms with Crippen LogP contribution in [0.25, 0.3) is 0 Å². The summed E-state index contributed by atoms with van der Waals surface area (Å²) in [5.74, 6) is 6.36. The van der Waals surface area contributed by atoms with E-state index >= 15 is 0 Å². The lowest BCUT2D eigenvalue weighted by Crippen LogP contribution is -1.88. The van der Waals surface area contributed by atoms with E-state index in [2.05, 4.69) is 16.8 Å². The van der Waals surface area contributed by atoms with Crippen molar-refractivity contribution in [2.75, 3.05) is 12.3 Å². The second-order valence-corrected chi connectivity index (χ2v) is 2.60. The van der Waals surface area contributed by atoms with E-state index in [1.54, 1.807) is 12.3 Å². The van der Waals surface area contributed by atoms with Crippen molar-refractivity contribution in [3.05, 3.63) is 23.9 Å². The summed E-state index contributed by atoms with van der Waals surface area (Å²) >= 11 is 0. The van der Waals surface area contributed by atoms with Gasteiger partial charge in [-0.2, -0.15) is 0 Å². The maximum atomic E-state index is 8.50. The van der Waals surface area contributed by atoms with Gasteiger partial charge in [0.25, 0.3) is 0 Å². The van der Waals surface area contributed by atoms with Crippen LogP contribution in [0.1, 0.15) is 18.4 Å². The van der Waals surface area contributed by atoms with Crippen LogP contribution in [0.15, 0.2) is 18.3 Å². The summed E-state index contributed by atoms with van der Waals surface area (Å²) in [5.41, 5.74) is 6.26. The average Bonchev–Trinajstić information content (AvgIpc) is 2.15. The van der Waals surface area contributed by atoms with Crippen LogP contribution in [0, 0.1) is 11.8 Å². The van der Waals surface area contributed by atoms with Gasteiger partial charge in [0.1, 0.15) is 5.82 Å². The summed E-state index contributed by atoms with van der Waals surface area (Å²) in [4.78, 5) is 3.90. The average molecular weight is 176 g/mol. The van der Waals surface area contributed by atoms with Gasteiger partial charge in [-0.15, -0.1) is 0 Å². The van der Waals surface area contributed by atoms with Crippen molar-refractivity contribution in [3.63, 3.8) is 0 Å². The van der Waals surface area contributed by atoms with Crippen molar-refractivity contribution in [1.82, 2.24) is 4.98 Å². The molecule has 0 unspecified atom stereocenters. The number of nitrogens with two attached hydrogens (primary N) is 1. The third-order valence-electron chi connectivity index (χ3n) is 1.48. The number of rotatable bonds is 2. The third-order valence-corrected chi connectivity index (χ3v) is 1.48. The second-order valence-electron chi connectivity index (χ2n) is 2.60. The van der Waals surface area contributed by atoms with Crippen molar-refractivity contribution >= 4 is 5.82 Å². The van der Waals surface area contributed by atoms with Crippen molar-refractivity contribution < 1.29 is 5.11 Å². The molecule has 0 amide bonds. The Balaban J connectivity index is 2.52. The Morgan fingerprint density at radius 3 is 2.92 bits per heavy atom. The van der Waals surface area contributed by atoms with Gasteiger partial charge in [0.05, 0.1) is 0 Å². The number of hydrogen-bond acceptors (Lipinski definition) is 3. The molecule has 1 heterocycles. The summed E-state index contributed by atoms with van der Waals surface area (Å²) in [6.45, 7) is 0.189. The van der Waals surface area contributed by atoms with Crippen LogP contribution in [0.5, 0.6) is 0 Å². The molecular formula is C10H12N2O. The molecule has 3 N–H and O–H groups in total. The quantitative estimate of drug-likeness (QED) is 0.517. The normalized spacial score (nSPS) is 9.00. The molecule has 0 spiro atoms. The fourth-order valence-electron chi connectivity index (χ4n) is 0.811. The first kappa shape index (κ1) is 9.56. The van der Waals surface area contributed by atoms with Crippen LogP contribution in [-0.4, -0.2) is 16.7 Å². The summed E-state index contributed by atoms with van der Waals surface area (Å²) < 4.78 is 0. The minimum Gasteiger partial charge on any atom is -0.396 e. The zero-order chi connectivity index (χ0) is 9.52. The number of nitrogens with zero attached hydrogens (tertiary/aromatic N) is 1. The molecule has 0 fully saturated rings. The molecule has 68 valence electrons.